The topological polar surface area (TPSA) is 236 Å². The van der Waals surface area contributed by atoms with Crippen LogP contribution in [0.4, 0.5) is 4.79 Å². The van der Waals surface area contributed by atoms with Crippen molar-refractivity contribution in [3.8, 4) is 0 Å². The van der Waals surface area contributed by atoms with E-state index >= 15 is 0 Å². The van der Waals surface area contributed by atoms with Crippen LogP contribution < -0.4 is 11.1 Å². The van der Waals surface area contributed by atoms with E-state index in [0.29, 0.717) is 23.3 Å². The second kappa shape index (κ2) is 12.5. The van der Waals surface area contributed by atoms with E-state index in [4.69, 9.17) is 5.73 Å². The molecule has 8 N–H and O–H groups in total. The molecule has 0 radical (unpaired) electrons. The van der Waals surface area contributed by atoms with Gasteiger partial charge in [0.1, 0.15) is 30.9 Å². The van der Waals surface area contributed by atoms with Crippen LogP contribution in [0.1, 0.15) is 44.1 Å². The predicted molar refractivity (Wildman–Crippen MR) is 140 cm³/mol. The van der Waals surface area contributed by atoms with E-state index in [-0.39, 0.29) is 23.8 Å². The molecule has 1 aliphatic heterocycles. The first-order valence-corrected chi connectivity index (χ1v) is 13.4. The van der Waals surface area contributed by atoms with E-state index in [1.165, 1.54) is 30.1 Å². The number of aliphatic hydroxyl groups is 4. The third kappa shape index (κ3) is 7.25. The van der Waals surface area contributed by atoms with Gasteiger partial charge in [-0.25, -0.2) is 9.59 Å². The van der Waals surface area contributed by atoms with Gasteiger partial charge in [0.25, 0.3) is 0 Å². The average Bonchev–Trinajstić information content (AvgIpc) is 3.20. The lowest BCUT2D eigenvalue weighted by atomic mass is 10.0. The van der Waals surface area contributed by atoms with Gasteiger partial charge in [-0.05, 0) is 31.2 Å². The van der Waals surface area contributed by atoms with Gasteiger partial charge in [0, 0.05) is 28.8 Å². The van der Waals surface area contributed by atoms with E-state index in [1.54, 1.807) is 11.4 Å². The highest BCUT2D eigenvalue weighted by Gasteiger charge is 2.64. The molecule has 1 aromatic rings. The Morgan fingerprint density at radius 3 is 2.52 bits per heavy atom. The Morgan fingerprint density at radius 1 is 1.25 bits per heavy atom. The number of fused-ring (bicyclic) bond motifs is 1. The van der Waals surface area contributed by atoms with Crippen LogP contribution in [0.5, 0.6) is 0 Å². The average molecular weight is 586 g/mol. The number of hydrogen-bond donors (Lipinski definition) is 7. The Labute approximate surface area is 233 Å². The molecule has 3 amide bonds. The van der Waals surface area contributed by atoms with Gasteiger partial charge in [-0.3, -0.25) is 14.5 Å². The zero-order valence-corrected chi connectivity index (χ0v) is 23.1. The molecule has 0 spiro atoms. The maximum absolute atomic E-state index is 13.3. The second-order valence-corrected chi connectivity index (χ2v) is 11.4. The normalized spacial score (nSPS) is 24.9. The summed E-state index contributed by atoms with van der Waals surface area (Å²) in [6.45, 7) is 3.05. The molecule has 0 aromatic carbocycles. The van der Waals surface area contributed by atoms with Gasteiger partial charge in [-0.15, -0.1) is 11.3 Å². The molecule has 16 heteroatoms. The fraction of sp³-hybridized carbons (Fsp3) is 0.625. The number of carbonyl (C=O) groups is 4. The summed E-state index contributed by atoms with van der Waals surface area (Å²) in [7, 11) is 0. The number of aliphatic hydroxyl groups excluding tert-OH is 4. The lowest BCUT2D eigenvalue weighted by molar-refractivity contribution is -0.141. The van der Waals surface area contributed by atoms with Crippen molar-refractivity contribution in [2.24, 2.45) is 16.3 Å². The largest absolute Gasteiger partial charge is 0.465 e. The van der Waals surface area contributed by atoms with Crippen LogP contribution in [0.25, 0.3) is 0 Å². The first kappa shape index (κ1) is 31.2. The molecule has 2 aliphatic rings. The molecule has 7 atom stereocenters. The fourth-order valence-electron chi connectivity index (χ4n) is 4.73. The molecule has 2 heterocycles. The standard InChI is InChI=1S/C24H35N5O10S/c1-11(30)19(34)20(35)16(32)8-28(23(37)38)9-18(33)29-15(5-24(3)6-17(24)29)22(36)26-7-14-4-13(10-40-14)21(25)27-39-12(2)31/h4,10-11,15-17,19-20,30,32,34-35H,5-9H2,1-3H3,(H2,25,27)(H,26,36)(H,37,38)/t11-,15-,16-,17-,19-,20-,24+/m0/s1. The number of amides is 3. The second-order valence-electron chi connectivity index (χ2n) is 10.4. The van der Waals surface area contributed by atoms with Crippen LogP contribution in [-0.4, -0.2) is 115 Å². The lowest BCUT2D eigenvalue weighted by Gasteiger charge is -2.31. The first-order chi connectivity index (χ1) is 18.6. The molecule has 3 rings (SSSR count). The number of nitrogens with two attached hydrogens (primary N) is 1. The fourth-order valence-corrected chi connectivity index (χ4v) is 5.55. The number of carbonyl (C=O) groups excluding carboxylic acids is 3. The summed E-state index contributed by atoms with van der Waals surface area (Å²) in [4.78, 5) is 56.3. The minimum absolute atomic E-state index is 0.00870. The number of carboxylic acid groups (broad SMARTS) is 1. The Kier molecular flexibility index (Phi) is 9.73. The Balaban J connectivity index is 1.63. The predicted octanol–water partition coefficient (Wildman–Crippen LogP) is -1.63. The van der Waals surface area contributed by atoms with Gasteiger partial charge < -0.3 is 46.3 Å². The zero-order valence-electron chi connectivity index (χ0n) is 22.3. The first-order valence-electron chi connectivity index (χ1n) is 12.5. The summed E-state index contributed by atoms with van der Waals surface area (Å²) in [6.07, 6.45) is -7.23. The van der Waals surface area contributed by atoms with Crippen molar-refractivity contribution in [3.05, 3.63) is 21.9 Å². The number of thiophene rings is 1. The molecule has 40 heavy (non-hydrogen) atoms. The van der Waals surface area contributed by atoms with Crippen LogP contribution >= 0.6 is 11.3 Å². The monoisotopic (exact) mass is 585 g/mol. The number of amidine groups is 1. The molecule has 1 aromatic heterocycles. The van der Waals surface area contributed by atoms with Crippen LogP contribution in [0, 0.1) is 5.41 Å². The van der Waals surface area contributed by atoms with E-state index in [1.807, 2.05) is 6.92 Å². The molecular formula is C24H35N5O10S. The van der Waals surface area contributed by atoms with Crippen LogP contribution in [0.3, 0.4) is 0 Å². The van der Waals surface area contributed by atoms with E-state index < -0.39 is 67.4 Å². The highest BCUT2D eigenvalue weighted by atomic mass is 32.1. The van der Waals surface area contributed by atoms with Crippen molar-refractivity contribution in [2.75, 3.05) is 13.1 Å². The summed E-state index contributed by atoms with van der Waals surface area (Å²) in [5, 5.41) is 57.0. The third-order valence-electron chi connectivity index (χ3n) is 7.13. The summed E-state index contributed by atoms with van der Waals surface area (Å²) in [5.41, 5.74) is 6.01. The van der Waals surface area contributed by atoms with Crippen LogP contribution in [-0.2, 0) is 25.8 Å². The minimum atomic E-state index is -1.85. The van der Waals surface area contributed by atoms with E-state index in [2.05, 4.69) is 15.3 Å². The molecule has 15 nitrogen and oxygen atoms in total. The van der Waals surface area contributed by atoms with E-state index in [0.717, 1.165) is 4.88 Å². The molecule has 0 bridgehead atoms. The van der Waals surface area contributed by atoms with Gasteiger partial charge in [0.2, 0.25) is 11.8 Å². The van der Waals surface area contributed by atoms with Crippen molar-refractivity contribution in [2.45, 2.75) is 76.7 Å². The van der Waals surface area contributed by atoms with Crippen molar-refractivity contribution >= 4 is 41.0 Å². The maximum atomic E-state index is 13.3. The highest BCUT2D eigenvalue weighted by molar-refractivity contribution is 7.10. The molecule has 1 saturated carbocycles. The summed E-state index contributed by atoms with van der Waals surface area (Å²) in [6, 6.07) is 0.585. The van der Waals surface area contributed by atoms with Gasteiger partial charge in [0.15, 0.2) is 5.84 Å². The number of rotatable bonds is 12. The van der Waals surface area contributed by atoms with Crippen LogP contribution in [0.2, 0.25) is 0 Å². The Morgan fingerprint density at radius 2 is 1.93 bits per heavy atom. The van der Waals surface area contributed by atoms with Crippen molar-refractivity contribution < 1.29 is 49.5 Å². The number of nitrogens with zero attached hydrogens (tertiary/aromatic N) is 3. The third-order valence-corrected chi connectivity index (χ3v) is 8.06. The van der Waals surface area contributed by atoms with Gasteiger partial charge in [0.05, 0.1) is 19.2 Å². The molecule has 1 aliphatic carbocycles. The van der Waals surface area contributed by atoms with Gasteiger partial charge in [-0.2, -0.15) is 0 Å². The van der Waals surface area contributed by atoms with Gasteiger partial charge in [-0.1, -0.05) is 12.1 Å². The summed E-state index contributed by atoms with van der Waals surface area (Å²) < 4.78 is 0. The van der Waals surface area contributed by atoms with Crippen molar-refractivity contribution in [1.82, 2.24) is 15.1 Å². The smallest absolute Gasteiger partial charge is 0.407 e. The SMILES string of the molecule is CC(=O)ON=C(N)c1csc(CNC(=O)[C@@H]2C[C@]3(C)C[C@@H]3N2C(=O)CN(C[C@H](O)[C@H](O)[C@@H](O)[C@H](C)O)C(=O)O)c1. The summed E-state index contributed by atoms with van der Waals surface area (Å²) in [5.74, 6) is -1.69. The Bertz CT molecular complexity index is 1160. The van der Waals surface area contributed by atoms with Crippen molar-refractivity contribution in [1.29, 1.82) is 0 Å². The number of likely N-dealkylation sites (tertiary alicyclic amines) is 1. The molecule has 0 unspecified atom stereocenters. The quantitative estimate of drug-likeness (QED) is 0.0636. The number of piperidine rings is 1. The van der Waals surface area contributed by atoms with Crippen LogP contribution in [0.15, 0.2) is 16.6 Å². The number of nitrogens with one attached hydrogen (secondary N) is 1. The highest BCUT2D eigenvalue weighted by Crippen LogP contribution is 2.59. The maximum Gasteiger partial charge on any atom is 0.407 e. The van der Waals surface area contributed by atoms with E-state index in [9.17, 15) is 44.7 Å². The Hall–Kier alpha value is -3.31. The number of hydrogen-bond acceptors (Lipinski definition) is 11. The van der Waals surface area contributed by atoms with Crippen molar-refractivity contribution in [3.63, 3.8) is 0 Å². The number of oxime groups is 1. The lowest BCUT2D eigenvalue weighted by Crippen LogP contribution is -2.53. The minimum Gasteiger partial charge on any atom is -0.465 e. The molecule has 2 fully saturated rings. The molecule has 1 saturated heterocycles. The molecule has 222 valence electrons. The van der Waals surface area contributed by atoms with Gasteiger partial charge >= 0.3 is 12.1 Å². The zero-order chi connectivity index (χ0) is 29.9. The summed E-state index contributed by atoms with van der Waals surface area (Å²) >= 11 is 1.29. The molecular weight excluding hydrogens is 550 g/mol.